The first-order valence-electron chi connectivity index (χ1n) is 6.58. The number of carbonyl (C=O) groups is 2. The quantitative estimate of drug-likeness (QED) is 0.452. The van der Waals surface area contributed by atoms with Crippen molar-refractivity contribution in [1.29, 1.82) is 10.5 Å². The van der Waals surface area contributed by atoms with E-state index in [-0.39, 0.29) is 18.0 Å². The monoisotopic (exact) mass is 313 g/mol. The molecule has 0 heterocycles. The van der Waals surface area contributed by atoms with E-state index >= 15 is 0 Å². The Balaban J connectivity index is 2.77. The van der Waals surface area contributed by atoms with Crippen LogP contribution in [0, 0.1) is 22.7 Å². The fraction of sp³-hybridized carbons (Fsp3) is 0.267. The topological polar surface area (TPSA) is 127 Å². The molecule has 0 aliphatic heterocycles. The van der Waals surface area contributed by atoms with Crippen LogP contribution in [0.25, 0.3) is 0 Å². The van der Waals surface area contributed by atoms with Crippen LogP contribution in [0.15, 0.2) is 29.4 Å². The molecule has 0 spiro atoms. The fourth-order valence-corrected chi connectivity index (χ4v) is 1.73. The number of methoxy groups -OCH3 is 1. The van der Waals surface area contributed by atoms with Crippen molar-refractivity contribution in [3.63, 3.8) is 0 Å². The molecular weight excluding hydrogens is 298 g/mol. The van der Waals surface area contributed by atoms with Crippen molar-refractivity contribution in [1.82, 2.24) is 5.32 Å². The summed E-state index contributed by atoms with van der Waals surface area (Å²) >= 11 is 0. The fourth-order valence-electron chi connectivity index (χ4n) is 1.73. The summed E-state index contributed by atoms with van der Waals surface area (Å²) in [5.74, 6) is -0.853. The Morgan fingerprint density at radius 1 is 1.26 bits per heavy atom. The normalized spacial score (nSPS) is 10.4. The molecule has 0 bridgehead atoms. The summed E-state index contributed by atoms with van der Waals surface area (Å²) in [5, 5.41) is 23.3. The van der Waals surface area contributed by atoms with Crippen LogP contribution in [-0.2, 0) is 20.7 Å². The second-order valence-electron chi connectivity index (χ2n) is 4.47. The molecule has 1 amide bonds. The lowest BCUT2D eigenvalue weighted by molar-refractivity contribution is -0.144. The van der Waals surface area contributed by atoms with Gasteiger partial charge in [0.05, 0.1) is 12.8 Å². The van der Waals surface area contributed by atoms with Crippen LogP contribution in [0.2, 0.25) is 0 Å². The third kappa shape index (κ3) is 5.86. The number of ether oxygens (including phenoxy) is 1. The van der Waals surface area contributed by atoms with Crippen molar-refractivity contribution in [2.75, 3.05) is 12.5 Å². The number of anilines is 1. The van der Waals surface area contributed by atoms with E-state index in [9.17, 15) is 9.59 Å². The SMILES string of the molecule is COC(=O)C(Cc1ccc(NN=C(C#N)C#N)cc1)NC(C)=O. The van der Waals surface area contributed by atoms with E-state index in [4.69, 9.17) is 10.5 Å². The zero-order valence-corrected chi connectivity index (χ0v) is 12.7. The Morgan fingerprint density at radius 2 is 1.87 bits per heavy atom. The summed E-state index contributed by atoms with van der Waals surface area (Å²) in [7, 11) is 1.25. The summed E-state index contributed by atoms with van der Waals surface area (Å²) in [6.45, 7) is 1.32. The van der Waals surface area contributed by atoms with Gasteiger partial charge in [-0.15, -0.1) is 0 Å². The third-order valence-electron chi connectivity index (χ3n) is 2.77. The van der Waals surface area contributed by atoms with Crippen LogP contribution in [0.5, 0.6) is 0 Å². The van der Waals surface area contributed by atoms with Gasteiger partial charge in [0.2, 0.25) is 11.6 Å². The maximum Gasteiger partial charge on any atom is 0.328 e. The molecule has 8 nitrogen and oxygen atoms in total. The average Bonchev–Trinajstić information content (AvgIpc) is 2.55. The van der Waals surface area contributed by atoms with Gasteiger partial charge in [0.25, 0.3) is 0 Å². The first-order valence-corrected chi connectivity index (χ1v) is 6.58. The van der Waals surface area contributed by atoms with Gasteiger partial charge in [0.1, 0.15) is 18.2 Å². The van der Waals surface area contributed by atoms with Gasteiger partial charge in [-0.2, -0.15) is 15.6 Å². The van der Waals surface area contributed by atoms with Gasteiger partial charge in [-0.3, -0.25) is 10.2 Å². The molecule has 2 N–H and O–H groups in total. The summed E-state index contributed by atoms with van der Waals surface area (Å²) < 4.78 is 4.65. The molecule has 1 unspecified atom stereocenters. The highest BCUT2D eigenvalue weighted by atomic mass is 16.5. The van der Waals surface area contributed by atoms with Crippen LogP contribution in [-0.4, -0.2) is 30.7 Å². The minimum atomic E-state index is -0.766. The van der Waals surface area contributed by atoms with Crippen molar-refractivity contribution in [2.24, 2.45) is 5.10 Å². The number of hydrazone groups is 1. The van der Waals surface area contributed by atoms with Gasteiger partial charge in [0.15, 0.2) is 0 Å². The van der Waals surface area contributed by atoms with E-state index in [0.717, 1.165) is 5.56 Å². The van der Waals surface area contributed by atoms with E-state index in [1.165, 1.54) is 14.0 Å². The molecule has 23 heavy (non-hydrogen) atoms. The second kappa shape index (κ2) is 8.80. The number of benzene rings is 1. The highest BCUT2D eigenvalue weighted by molar-refractivity contribution is 6.10. The molecule has 118 valence electrons. The zero-order valence-electron chi connectivity index (χ0n) is 12.7. The molecule has 1 atom stereocenters. The van der Waals surface area contributed by atoms with Crippen molar-refractivity contribution >= 4 is 23.3 Å². The number of rotatable bonds is 6. The Labute approximate surface area is 133 Å². The van der Waals surface area contributed by atoms with Crippen LogP contribution >= 0.6 is 0 Å². The summed E-state index contributed by atoms with van der Waals surface area (Å²) in [4.78, 5) is 22.8. The van der Waals surface area contributed by atoms with Crippen molar-refractivity contribution in [2.45, 2.75) is 19.4 Å². The highest BCUT2D eigenvalue weighted by Crippen LogP contribution is 2.12. The highest BCUT2D eigenvalue weighted by Gasteiger charge is 2.20. The van der Waals surface area contributed by atoms with Crippen LogP contribution < -0.4 is 10.7 Å². The lowest BCUT2D eigenvalue weighted by atomic mass is 10.1. The number of amides is 1. The van der Waals surface area contributed by atoms with Gasteiger partial charge in [-0.05, 0) is 17.7 Å². The first-order chi connectivity index (χ1) is 11.0. The number of hydrogen-bond acceptors (Lipinski definition) is 7. The predicted octanol–water partition coefficient (Wildman–Crippen LogP) is 0.722. The lowest BCUT2D eigenvalue weighted by Gasteiger charge is -2.15. The number of nitriles is 2. The molecule has 0 aliphatic rings. The lowest BCUT2D eigenvalue weighted by Crippen LogP contribution is -2.41. The van der Waals surface area contributed by atoms with E-state index in [0.29, 0.717) is 5.69 Å². The standard InChI is InChI=1S/C15H15N5O3/c1-10(21)18-14(15(22)23-2)7-11-3-5-12(6-4-11)19-20-13(8-16)9-17/h3-6,14,19H,7H2,1-2H3,(H,18,21). The van der Waals surface area contributed by atoms with Crippen LogP contribution in [0.3, 0.4) is 0 Å². The average molecular weight is 313 g/mol. The van der Waals surface area contributed by atoms with Gasteiger partial charge < -0.3 is 10.1 Å². The Kier molecular flexibility index (Phi) is 6.76. The van der Waals surface area contributed by atoms with Crippen LogP contribution in [0.1, 0.15) is 12.5 Å². The number of nitrogens with zero attached hydrogens (tertiary/aromatic N) is 3. The van der Waals surface area contributed by atoms with Crippen molar-refractivity contribution in [3.8, 4) is 12.1 Å². The summed E-state index contributed by atoms with van der Waals surface area (Å²) in [6, 6.07) is 9.31. The number of nitrogens with one attached hydrogen (secondary N) is 2. The van der Waals surface area contributed by atoms with Crippen molar-refractivity contribution < 1.29 is 14.3 Å². The minimum absolute atomic E-state index is 0.275. The predicted molar refractivity (Wildman–Crippen MR) is 82.1 cm³/mol. The Morgan fingerprint density at radius 3 is 2.35 bits per heavy atom. The maximum absolute atomic E-state index is 11.6. The largest absolute Gasteiger partial charge is 0.467 e. The Bertz CT molecular complexity index is 667. The number of carbonyl (C=O) groups excluding carboxylic acids is 2. The number of hydrogen-bond donors (Lipinski definition) is 2. The van der Waals surface area contributed by atoms with Gasteiger partial charge in [-0.1, -0.05) is 12.1 Å². The molecule has 1 aromatic rings. The molecule has 0 fully saturated rings. The third-order valence-corrected chi connectivity index (χ3v) is 2.77. The Hall–Kier alpha value is -3.39. The molecule has 1 rings (SSSR count). The molecule has 8 heteroatoms. The molecule has 0 aliphatic carbocycles. The van der Waals surface area contributed by atoms with Crippen LogP contribution in [0.4, 0.5) is 5.69 Å². The molecular formula is C15H15N5O3. The van der Waals surface area contributed by atoms with Crippen molar-refractivity contribution in [3.05, 3.63) is 29.8 Å². The molecule has 0 aromatic heterocycles. The molecule has 0 radical (unpaired) electrons. The van der Waals surface area contributed by atoms with E-state index in [2.05, 4.69) is 20.6 Å². The number of esters is 1. The maximum atomic E-state index is 11.6. The van der Waals surface area contributed by atoms with E-state index < -0.39 is 12.0 Å². The summed E-state index contributed by atoms with van der Waals surface area (Å²) in [6.07, 6.45) is 0.275. The van der Waals surface area contributed by atoms with Gasteiger partial charge in [-0.25, -0.2) is 4.79 Å². The zero-order chi connectivity index (χ0) is 17.2. The second-order valence-corrected chi connectivity index (χ2v) is 4.47. The minimum Gasteiger partial charge on any atom is -0.467 e. The van der Waals surface area contributed by atoms with E-state index in [1.54, 1.807) is 36.4 Å². The van der Waals surface area contributed by atoms with Gasteiger partial charge in [0, 0.05) is 13.3 Å². The smallest absolute Gasteiger partial charge is 0.328 e. The van der Waals surface area contributed by atoms with E-state index in [1.807, 2.05) is 0 Å². The summed E-state index contributed by atoms with van der Waals surface area (Å²) in [5.41, 5.74) is 3.66. The molecule has 0 saturated heterocycles. The molecule has 0 saturated carbocycles. The van der Waals surface area contributed by atoms with Gasteiger partial charge >= 0.3 is 5.97 Å². The molecule has 1 aromatic carbocycles. The first kappa shape index (κ1) is 17.7.